The van der Waals surface area contributed by atoms with E-state index in [0.717, 1.165) is 45.8 Å². The monoisotopic (exact) mass is 369 g/mol. The number of nitrogens with zero attached hydrogens (tertiary/aromatic N) is 1. The van der Waals surface area contributed by atoms with Gasteiger partial charge < -0.3 is 9.30 Å². The van der Waals surface area contributed by atoms with Crippen LogP contribution in [0.2, 0.25) is 5.02 Å². The Morgan fingerprint density at radius 2 is 1.96 bits per heavy atom. The van der Waals surface area contributed by atoms with Crippen molar-refractivity contribution >= 4 is 28.3 Å². The topological polar surface area (TPSA) is 31.2 Å². The number of ketones is 1. The molecule has 3 rings (SSSR count). The van der Waals surface area contributed by atoms with Gasteiger partial charge in [-0.05, 0) is 43.2 Å². The maximum absolute atomic E-state index is 12.5. The van der Waals surface area contributed by atoms with E-state index in [0.29, 0.717) is 6.61 Å². The van der Waals surface area contributed by atoms with E-state index < -0.39 is 0 Å². The van der Waals surface area contributed by atoms with Crippen molar-refractivity contribution in [1.29, 1.82) is 0 Å². The van der Waals surface area contributed by atoms with Gasteiger partial charge in [0.15, 0.2) is 5.78 Å². The van der Waals surface area contributed by atoms with Crippen LogP contribution in [0.4, 0.5) is 0 Å². The summed E-state index contributed by atoms with van der Waals surface area (Å²) in [7, 11) is 0. The van der Waals surface area contributed by atoms with Crippen molar-refractivity contribution in [2.75, 3.05) is 6.61 Å². The number of fused-ring (bicyclic) bond motifs is 1. The lowest BCUT2D eigenvalue weighted by molar-refractivity contribution is 0.0941. The summed E-state index contributed by atoms with van der Waals surface area (Å²) in [6, 6.07) is 13.8. The largest absolute Gasteiger partial charge is 0.494 e. The van der Waals surface area contributed by atoms with E-state index in [1.165, 1.54) is 0 Å². The summed E-state index contributed by atoms with van der Waals surface area (Å²) in [5, 5.41) is 1.78. The number of Topliss-reactive ketones (excluding diaryl/α,β-unsaturated/α-hetero) is 1. The highest BCUT2D eigenvalue weighted by molar-refractivity contribution is 6.31. The number of halogens is 1. The second kappa shape index (κ2) is 7.96. The molecule has 0 atom stereocenters. The van der Waals surface area contributed by atoms with Crippen LogP contribution in [0, 0.1) is 12.8 Å². The molecule has 1 heterocycles. The highest BCUT2D eigenvalue weighted by atomic mass is 35.5. The van der Waals surface area contributed by atoms with Crippen LogP contribution in [0.5, 0.6) is 5.75 Å². The maximum Gasteiger partial charge on any atom is 0.167 e. The number of aryl methyl sites for hydroxylation is 2. The minimum Gasteiger partial charge on any atom is -0.494 e. The number of rotatable bonds is 7. The molecule has 0 aliphatic carbocycles. The molecule has 0 aliphatic heterocycles. The third-order valence-corrected chi connectivity index (χ3v) is 4.94. The Hall–Kier alpha value is -2.26. The number of hydrogen-bond donors (Lipinski definition) is 0. The quantitative estimate of drug-likeness (QED) is 0.383. The minimum atomic E-state index is -0.00858. The van der Waals surface area contributed by atoms with Crippen LogP contribution in [-0.4, -0.2) is 17.0 Å². The molecule has 0 spiro atoms. The van der Waals surface area contributed by atoms with Gasteiger partial charge in [0.2, 0.25) is 0 Å². The number of para-hydroxylation sites is 1. The average molecular weight is 370 g/mol. The molecule has 2 aromatic carbocycles. The summed E-state index contributed by atoms with van der Waals surface area (Å²) < 4.78 is 7.98. The summed E-state index contributed by atoms with van der Waals surface area (Å²) in [5.41, 5.74) is 2.92. The first-order valence-electron chi connectivity index (χ1n) is 8.98. The van der Waals surface area contributed by atoms with Crippen molar-refractivity contribution in [2.45, 2.75) is 33.7 Å². The Labute approximate surface area is 159 Å². The summed E-state index contributed by atoms with van der Waals surface area (Å²) in [4.78, 5) is 12.5. The molecule has 0 amide bonds. The Morgan fingerprint density at radius 3 is 2.69 bits per heavy atom. The van der Waals surface area contributed by atoms with Gasteiger partial charge in [0.05, 0.1) is 6.61 Å². The summed E-state index contributed by atoms with van der Waals surface area (Å²) >= 11 is 6.04. The molecule has 0 saturated carbocycles. The Morgan fingerprint density at radius 1 is 1.19 bits per heavy atom. The molecule has 1 aromatic heterocycles. The molecular weight excluding hydrogens is 346 g/mol. The van der Waals surface area contributed by atoms with E-state index in [1.807, 2.05) is 63.4 Å². The van der Waals surface area contributed by atoms with E-state index >= 15 is 0 Å². The van der Waals surface area contributed by atoms with Crippen LogP contribution in [-0.2, 0) is 6.54 Å². The van der Waals surface area contributed by atoms with Gasteiger partial charge >= 0.3 is 0 Å². The fourth-order valence-electron chi connectivity index (χ4n) is 3.07. The fourth-order valence-corrected chi connectivity index (χ4v) is 3.19. The molecule has 0 saturated heterocycles. The number of carbonyl (C=O) groups excluding carboxylic acids is 1. The van der Waals surface area contributed by atoms with Crippen LogP contribution in [0.1, 0.15) is 36.2 Å². The standard InChI is InChI=1S/C22H24ClNO2/c1-15(2)22(25)19-14-24(21-8-5-4-7-18(19)21)11-6-12-26-17-9-10-20(23)16(3)13-17/h4-5,7-10,13-15H,6,11-12H2,1-3H3. The van der Waals surface area contributed by atoms with Crippen molar-refractivity contribution in [3.05, 3.63) is 64.8 Å². The van der Waals surface area contributed by atoms with E-state index in [4.69, 9.17) is 16.3 Å². The van der Waals surface area contributed by atoms with Gasteiger partial charge in [-0.2, -0.15) is 0 Å². The van der Waals surface area contributed by atoms with Crippen LogP contribution in [0.15, 0.2) is 48.7 Å². The van der Waals surface area contributed by atoms with Gasteiger partial charge in [0.1, 0.15) is 5.75 Å². The van der Waals surface area contributed by atoms with E-state index in [1.54, 1.807) is 0 Å². The summed E-state index contributed by atoms with van der Waals surface area (Å²) in [6.45, 7) is 7.26. The second-order valence-corrected chi connectivity index (χ2v) is 7.29. The van der Waals surface area contributed by atoms with Crippen LogP contribution in [0.3, 0.4) is 0 Å². The molecule has 0 bridgehead atoms. The fraction of sp³-hybridized carbons (Fsp3) is 0.318. The minimum absolute atomic E-state index is 0.00858. The molecule has 4 heteroatoms. The Bertz CT molecular complexity index is 927. The molecule has 0 unspecified atom stereocenters. The average Bonchev–Trinajstić information content (AvgIpc) is 3.00. The third kappa shape index (κ3) is 3.94. The zero-order chi connectivity index (χ0) is 18.7. The van der Waals surface area contributed by atoms with Gasteiger partial charge in [-0.15, -0.1) is 0 Å². The second-order valence-electron chi connectivity index (χ2n) is 6.89. The van der Waals surface area contributed by atoms with Gasteiger partial charge in [0, 0.05) is 40.1 Å². The smallest absolute Gasteiger partial charge is 0.167 e. The molecule has 3 aromatic rings. The normalized spacial score (nSPS) is 11.3. The molecule has 0 radical (unpaired) electrons. The number of benzene rings is 2. The van der Waals surface area contributed by atoms with Crippen molar-refractivity contribution in [1.82, 2.24) is 4.57 Å². The van der Waals surface area contributed by atoms with Crippen molar-refractivity contribution in [3.8, 4) is 5.75 Å². The zero-order valence-electron chi connectivity index (χ0n) is 15.5. The summed E-state index contributed by atoms with van der Waals surface area (Å²) in [6.07, 6.45) is 2.84. The molecule has 136 valence electrons. The Balaban J connectivity index is 1.69. The Kier molecular flexibility index (Phi) is 5.67. The lowest BCUT2D eigenvalue weighted by atomic mass is 10.0. The van der Waals surface area contributed by atoms with E-state index in [-0.39, 0.29) is 11.7 Å². The number of hydrogen-bond acceptors (Lipinski definition) is 2. The van der Waals surface area contributed by atoms with Crippen molar-refractivity contribution < 1.29 is 9.53 Å². The zero-order valence-corrected chi connectivity index (χ0v) is 16.2. The number of aromatic nitrogens is 1. The van der Waals surface area contributed by atoms with Crippen LogP contribution in [0.25, 0.3) is 10.9 Å². The molecule has 0 fully saturated rings. The lowest BCUT2D eigenvalue weighted by Gasteiger charge is -2.09. The predicted octanol–water partition coefficient (Wildman–Crippen LogP) is 5.91. The molecule has 26 heavy (non-hydrogen) atoms. The van der Waals surface area contributed by atoms with Gasteiger partial charge in [0.25, 0.3) is 0 Å². The highest BCUT2D eigenvalue weighted by Crippen LogP contribution is 2.24. The van der Waals surface area contributed by atoms with Crippen LogP contribution >= 0.6 is 11.6 Å². The molecule has 0 N–H and O–H groups in total. The van der Waals surface area contributed by atoms with Gasteiger partial charge in [-0.1, -0.05) is 43.6 Å². The predicted molar refractivity (Wildman–Crippen MR) is 107 cm³/mol. The highest BCUT2D eigenvalue weighted by Gasteiger charge is 2.17. The summed E-state index contributed by atoms with van der Waals surface area (Å²) in [5.74, 6) is 1.01. The number of carbonyl (C=O) groups is 1. The molecule has 3 nitrogen and oxygen atoms in total. The first-order chi connectivity index (χ1) is 12.5. The number of ether oxygens (including phenoxy) is 1. The molecular formula is C22H24ClNO2. The van der Waals surface area contributed by atoms with Crippen molar-refractivity contribution in [3.63, 3.8) is 0 Å². The van der Waals surface area contributed by atoms with Crippen molar-refractivity contribution in [2.24, 2.45) is 5.92 Å². The van der Waals surface area contributed by atoms with Crippen LogP contribution < -0.4 is 4.74 Å². The van der Waals surface area contributed by atoms with E-state index in [9.17, 15) is 4.79 Å². The third-order valence-electron chi connectivity index (χ3n) is 4.52. The lowest BCUT2D eigenvalue weighted by Crippen LogP contribution is -2.07. The SMILES string of the molecule is Cc1cc(OCCCn2cc(C(=O)C(C)C)c3ccccc32)ccc1Cl. The van der Waals surface area contributed by atoms with Gasteiger partial charge in [-0.25, -0.2) is 0 Å². The first-order valence-corrected chi connectivity index (χ1v) is 9.36. The van der Waals surface area contributed by atoms with Gasteiger partial charge in [-0.3, -0.25) is 4.79 Å². The molecule has 0 aliphatic rings. The maximum atomic E-state index is 12.5. The first kappa shape index (κ1) is 18.5. The van der Waals surface area contributed by atoms with E-state index in [2.05, 4.69) is 10.6 Å².